The third-order valence-corrected chi connectivity index (χ3v) is 5.25. The second-order valence-corrected chi connectivity index (χ2v) is 8.37. The van der Waals surface area contributed by atoms with Gasteiger partial charge in [-0.2, -0.15) is 5.10 Å². The number of carbonyl (C=O) groups is 1. The molecule has 1 atom stereocenters. The van der Waals surface area contributed by atoms with E-state index in [0.29, 0.717) is 13.1 Å². The van der Waals surface area contributed by atoms with E-state index in [-0.39, 0.29) is 31.2 Å². The Hall–Kier alpha value is -1.45. The lowest BCUT2D eigenvalue weighted by Gasteiger charge is -2.34. The molecule has 134 valence electrons. The van der Waals surface area contributed by atoms with Gasteiger partial charge in [-0.1, -0.05) is 12.8 Å². The van der Waals surface area contributed by atoms with Crippen LogP contribution in [-0.2, 0) is 26.1 Å². The highest BCUT2D eigenvalue weighted by atomic mass is 32.2. The van der Waals surface area contributed by atoms with Crippen molar-refractivity contribution in [3.8, 4) is 0 Å². The van der Waals surface area contributed by atoms with Gasteiger partial charge in [0.05, 0.1) is 30.6 Å². The van der Waals surface area contributed by atoms with E-state index >= 15 is 0 Å². The molecule has 0 spiro atoms. The Balaban J connectivity index is 1.61. The van der Waals surface area contributed by atoms with Gasteiger partial charge in [-0.3, -0.25) is 9.48 Å². The van der Waals surface area contributed by atoms with Crippen molar-refractivity contribution >= 4 is 15.9 Å². The molecule has 9 heteroatoms. The van der Waals surface area contributed by atoms with Crippen LogP contribution in [0.4, 0.5) is 0 Å². The molecule has 1 aromatic rings. The van der Waals surface area contributed by atoms with Crippen molar-refractivity contribution < 1.29 is 17.9 Å². The normalized spacial score (nSPS) is 21.9. The molecule has 2 heterocycles. The molecule has 1 N–H and O–H groups in total. The lowest BCUT2D eigenvalue weighted by atomic mass is 10.2. The zero-order chi connectivity index (χ0) is 17.2. The molecule has 1 saturated carbocycles. The van der Waals surface area contributed by atoms with Crippen LogP contribution in [0.5, 0.6) is 0 Å². The van der Waals surface area contributed by atoms with Gasteiger partial charge in [0.15, 0.2) is 0 Å². The Bertz CT molecular complexity index is 681. The minimum atomic E-state index is -3.29. The maximum Gasteiger partial charge on any atom is 0.249 e. The summed E-state index contributed by atoms with van der Waals surface area (Å²) >= 11 is 0. The second-order valence-electron chi connectivity index (χ2n) is 6.53. The minimum absolute atomic E-state index is 0.0568. The molecule has 0 bridgehead atoms. The highest BCUT2D eigenvalue weighted by molar-refractivity contribution is 7.88. The van der Waals surface area contributed by atoms with Gasteiger partial charge in [0.2, 0.25) is 15.9 Å². The number of amides is 1. The molecule has 8 nitrogen and oxygen atoms in total. The summed E-state index contributed by atoms with van der Waals surface area (Å²) in [6.07, 6.45) is 7.39. The number of carbonyl (C=O) groups excluding carboxylic acids is 1. The van der Waals surface area contributed by atoms with E-state index < -0.39 is 10.0 Å². The third kappa shape index (κ3) is 4.34. The van der Waals surface area contributed by atoms with Crippen molar-refractivity contribution in [2.75, 3.05) is 26.0 Å². The third-order valence-electron chi connectivity index (χ3n) is 4.56. The number of rotatable bonds is 6. The van der Waals surface area contributed by atoms with Crippen molar-refractivity contribution in [1.29, 1.82) is 0 Å². The monoisotopic (exact) mass is 356 g/mol. The van der Waals surface area contributed by atoms with Gasteiger partial charge in [-0.05, 0) is 18.9 Å². The van der Waals surface area contributed by atoms with Crippen LogP contribution in [-0.4, -0.2) is 61.1 Å². The summed E-state index contributed by atoms with van der Waals surface area (Å²) in [7, 11) is -3.29. The summed E-state index contributed by atoms with van der Waals surface area (Å²) in [6, 6.07) is 1.64. The SMILES string of the molecule is CS(=O)(=O)NCC1CN(C(=O)COC2CCCC2)Cc2ccnn21. The van der Waals surface area contributed by atoms with Crippen molar-refractivity contribution in [2.24, 2.45) is 0 Å². The Kier molecular flexibility index (Phi) is 5.21. The zero-order valence-corrected chi connectivity index (χ0v) is 14.7. The van der Waals surface area contributed by atoms with Crippen LogP contribution in [0.1, 0.15) is 37.4 Å². The van der Waals surface area contributed by atoms with Gasteiger partial charge >= 0.3 is 0 Å². The van der Waals surface area contributed by atoms with E-state index in [9.17, 15) is 13.2 Å². The average molecular weight is 356 g/mol. The molecule has 2 aliphatic rings. The van der Waals surface area contributed by atoms with E-state index in [1.165, 1.54) is 12.8 Å². The molecule has 0 radical (unpaired) electrons. The van der Waals surface area contributed by atoms with Crippen molar-refractivity contribution in [3.63, 3.8) is 0 Å². The first kappa shape index (κ1) is 17.4. The van der Waals surface area contributed by atoms with Gasteiger partial charge in [0.1, 0.15) is 6.61 Å². The van der Waals surface area contributed by atoms with E-state index in [2.05, 4.69) is 9.82 Å². The van der Waals surface area contributed by atoms with Crippen molar-refractivity contribution in [2.45, 2.75) is 44.4 Å². The molecule has 0 aromatic carbocycles. The molecule has 1 unspecified atom stereocenters. The fourth-order valence-corrected chi connectivity index (χ4v) is 3.81. The number of aromatic nitrogens is 2. The molecule has 24 heavy (non-hydrogen) atoms. The van der Waals surface area contributed by atoms with E-state index in [1.807, 2.05) is 6.07 Å². The average Bonchev–Trinajstić information content (AvgIpc) is 3.20. The van der Waals surface area contributed by atoms with Gasteiger partial charge in [-0.25, -0.2) is 13.1 Å². The fourth-order valence-electron chi connectivity index (χ4n) is 3.31. The minimum Gasteiger partial charge on any atom is -0.368 e. The maximum absolute atomic E-state index is 12.5. The number of hydrogen-bond donors (Lipinski definition) is 1. The molecule has 1 aliphatic heterocycles. The predicted molar refractivity (Wildman–Crippen MR) is 87.7 cm³/mol. The first-order chi connectivity index (χ1) is 11.4. The quantitative estimate of drug-likeness (QED) is 0.790. The van der Waals surface area contributed by atoms with E-state index in [4.69, 9.17) is 4.74 Å². The summed E-state index contributed by atoms with van der Waals surface area (Å²) in [5, 5.41) is 4.25. The Morgan fingerprint density at radius 2 is 2.17 bits per heavy atom. The highest BCUT2D eigenvalue weighted by Crippen LogP contribution is 2.22. The van der Waals surface area contributed by atoms with Crippen LogP contribution < -0.4 is 4.72 Å². The van der Waals surface area contributed by atoms with Crippen LogP contribution in [0.2, 0.25) is 0 Å². The number of hydrogen-bond acceptors (Lipinski definition) is 5. The summed E-state index contributed by atoms with van der Waals surface area (Å²) in [4.78, 5) is 14.2. The number of sulfonamides is 1. The first-order valence-electron chi connectivity index (χ1n) is 8.29. The standard InChI is InChI=1S/C15H24N4O4S/c1-24(21,22)17-8-13-10-18(9-12-6-7-16-19(12)13)15(20)11-23-14-4-2-3-5-14/h6-7,13-14,17H,2-5,8-11H2,1H3. The van der Waals surface area contributed by atoms with Gasteiger partial charge < -0.3 is 9.64 Å². The topological polar surface area (TPSA) is 93.5 Å². The molecule has 1 aromatic heterocycles. The van der Waals surface area contributed by atoms with Crippen molar-refractivity contribution in [3.05, 3.63) is 18.0 Å². The molecular formula is C15H24N4O4S. The second kappa shape index (κ2) is 7.20. The number of nitrogens with one attached hydrogen (secondary N) is 1. The first-order valence-corrected chi connectivity index (χ1v) is 10.2. The van der Waals surface area contributed by atoms with Gasteiger partial charge in [0, 0.05) is 19.3 Å². The zero-order valence-electron chi connectivity index (χ0n) is 13.8. The van der Waals surface area contributed by atoms with Gasteiger partial charge in [-0.15, -0.1) is 0 Å². The Morgan fingerprint density at radius 1 is 1.42 bits per heavy atom. The smallest absolute Gasteiger partial charge is 0.249 e. The highest BCUT2D eigenvalue weighted by Gasteiger charge is 2.29. The molecule has 1 fully saturated rings. The molecule has 3 rings (SSSR count). The lowest BCUT2D eigenvalue weighted by Crippen LogP contribution is -2.46. The molecular weight excluding hydrogens is 332 g/mol. The Morgan fingerprint density at radius 3 is 2.88 bits per heavy atom. The van der Waals surface area contributed by atoms with Crippen LogP contribution >= 0.6 is 0 Å². The van der Waals surface area contributed by atoms with Crippen LogP contribution in [0.25, 0.3) is 0 Å². The van der Waals surface area contributed by atoms with Gasteiger partial charge in [0.25, 0.3) is 0 Å². The number of nitrogens with zero attached hydrogens (tertiary/aromatic N) is 3. The summed E-state index contributed by atoms with van der Waals surface area (Å²) in [5.41, 5.74) is 0.899. The summed E-state index contributed by atoms with van der Waals surface area (Å²) in [5.74, 6) is -0.0568. The number of fused-ring (bicyclic) bond motifs is 1. The largest absolute Gasteiger partial charge is 0.368 e. The molecule has 1 amide bonds. The Labute approximate surface area is 142 Å². The summed E-state index contributed by atoms with van der Waals surface area (Å²) in [6.45, 7) is 1.19. The van der Waals surface area contributed by atoms with Crippen molar-refractivity contribution in [1.82, 2.24) is 19.4 Å². The van der Waals surface area contributed by atoms with E-state index in [0.717, 1.165) is 24.8 Å². The fraction of sp³-hybridized carbons (Fsp3) is 0.733. The molecule has 0 saturated heterocycles. The van der Waals surface area contributed by atoms with E-state index in [1.54, 1.807) is 15.8 Å². The van der Waals surface area contributed by atoms with Crippen LogP contribution in [0, 0.1) is 0 Å². The predicted octanol–water partition coefficient (Wildman–Crippen LogP) is 0.275. The maximum atomic E-state index is 12.5. The molecule has 1 aliphatic carbocycles. The van der Waals surface area contributed by atoms with Crippen LogP contribution in [0.15, 0.2) is 12.3 Å². The van der Waals surface area contributed by atoms with Crippen LogP contribution in [0.3, 0.4) is 0 Å². The summed E-state index contributed by atoms with van der Waals surface area (Å²) < 4.78 is 32.7. The number of ether oxygens (including phenoxy) is 1. The lowest BCUT2D eigenvalue weighted by molar-refractivity contribution is -0.140.